The van der Waals surface area contributed by atoms with Gasteiger partial charge in [-0.05, 0) is 70.6 Å². The number of ether oxygens (including phenoxy) is 2. The van der Waals surface area contributed by atoms with Crippen molar-refractivity contribution in [2.24, 2.45) is 5.73 Å². The molecule has 0 saturated heterocycles. The Hall–Kier alpha value is -2.03. The number of carbonyl (C=O) groups excluding carboxylic acids is 2. The summed E-state index contributed by atoms with van der Waals surface area (Å²) in [5.41, 5.74) is 5.34. The molecule has 0 aliphatic carbocycles. The SMILES string of the molecule is CC/C=C/C/C=C/C/C=C/CCCCCCCC(=O)O[C@H](COC(=O)CCCCCCCCC/C=C/CCCCCCCC)COP(=O)(O)OCCN. The number of hydrogen-bond donors (Lipinski definition) is 2. The van der Waals surface area contributed by atoms with Gasteiger partial charge >= 0.3 is 19.8 Å². The molecule has 0 heterocycles. The van der Waals surface area contributed by atoms with Crippen molar-refractivity contribution in [1.29, 1.82) is 0 Å². The molecule has 0 aromatic rings. The molecule has 53 heavy (non-hydrogen) atoms. The highest BCUT2D eigenvalue weighted by molar-refractivity contribution is 7.47. The Labute approximate surface area is 324 Å². The third kappa shape index (κ3) is 39.5. The molecule has 3 N–H and O–H groups in total. The molecule has 0 radical (unpaired) electrons. The Morgan fingerprint density at radius 2 is 1.04 bits per heavy atom. The fourth-order valence-electron chi connectivity index (χ4n) is 5.58. The first-order chi connectivity index (χ1) is 25.8. The fraction of sp³-hybridized carbons (Fsp3) is 0.767. The normalized spacial score (nSPS) is 13.8. The molecule has 10 heteroatoms. The average molecular weight is 768 g/mol. The molecular formula is C43H78NO8P. The lowest BCUT2D eigenvalue weighted by atomic mass is 10.1. The molecule has 0 aromatic carbocycles. The summed E-state index contributed by atoms with van der Waals surface area (Å²) in [5.74, 6) is -0.854. The van der Waals surface area contributed by atoms with E-state index in [-0.39, 0.29) is 32.6 Å². The third-order valence-electron chi connectivity index (χ3n) is 8.70. The number of carbonyl (C=O) groups is 2. The second kappa shape index (κ2) is 39.7. The van der Waals surface area contributed by atoms with Crippen molar-refractivity contribution in [1.82, 2.24) is 0 Å². The number of phosphoric acid groups is 1. The van der Waals surface area contributed by atoms with Crippen LogP contribution in [0, 0.1) is 0 Å². The second-order valence-electron chi connectivity index (χ2n) is 13.8. The molecule has 308 valence electrons. The van der Waals surface area contributed by atoms with E-state index in [9.17, 15) is 19.0 Å². The predicted octanol–water partition coefficient (Wildman–Crippen LogP) is 11.9. The van der Waals surface area contributed by atoms with Crippen LogP contribution in [-0.2, 0) is 32.7 Å². The highest BCUT2D eigenvalue weighted by Gasteiger charge is 2.26. The number of rotatable bonds is 39. The van der Waals surface area contributed by atoms with E-state index in [1.165, 1.54) is 64.2 Å². The van der Waals surface area contributed by atoms with Gasteiger partial charge in [-0.2, -0.15) is 0 Å². The van der Waals surface area contributed by atoms with E-state index in [0.717, 1.165) is 83.5 Å². The summed E-state index contributed by atoms with van der Waals surface area (Å²) in [4.78, 5) is 34.8. The van der Waals surface area contributed by atoms with Crippen molar-refractivity contribution in [3.63, 3.8) is 0 Å². The Morgan fingerprint density at radius 3 is 1.57 bits per heavy atom. The number of hydrogen-bond acceptors (Lipinski definition) is 8. The van der Waals surface area contributed by atoms with Gasteiger partial charge in [-0.1, -0.05) is 146 Å². The maximum Gasteiger partial charge on any atom is 0.472 e. The summed E-state index contributed by atoms with van der Waals surface area (Å²) in [5, 5.41) is 0. The van der Waals surface area contributed by atoms with Crippen molar-refractivity contribution in [3.05, 3.63) is 48.6 Å². The van der Waals surface area contributed by atoms with Gasteiger partial charge < -0.3 is 20.1 Å². The van der Waals surface area contributed by atoms with Gasteiger partial charge in [0.1, 0.15) is 6.61 Å². The quantitative estimate of drug-likeness (QED) is 0.0271. The number of esters is 2. The predicted molar refractivity (Wildman–Crippen MR) is 220 cm³/mol. The van der Waals surface area contributed by atoms with Gasteiger partial charge in [0.2, 0.25) is 0 Å². The highest BCUT2D eigenvalue weighted by Crippen LogP contribution is 2.43. The standard InChI is InChI=1S/C43H78NO8P/c1-3-5-7-9-11-13-15-17-19-20-22-23-25-27-29-31-33-35-42(45)49-39-41(40-51-53(47,48)50-38-37-44)52-43(46)36-34-32-30-28-26-24-21-18-16-14-12-10-8-6-4-2/h6,8,12,14,17-19,21,41H,3-5,7,9-11,13,15-16,20,22-40,44H2,1-2H3,(H,47,48)/b8-6+,14-12+,19-17+,21-18+/t41-/m1/s1. The van der Waals surface area contributed by atoms with Crippen LogP contribution in [0.15, 0.2) is 48.6 Å². The Balaban J connectivity index is 4.19. The van der Waals surface area contributed by atoms with E-state index in [2.05, 4.69) is 62.5 Å². The van der Waals surface area contributed by atoms with E-state index >= 15 is 0 Å². The number of allylic oxidation sites excluding steroid dienone is 8. The van der Waals surface area contributed by atoms with Crippen LogP contribution in [0.2, 0.25) is 0 Å². The summed E-state index contributed by atoms with van der Waals surface area (Å²) in [6.45, 7) is 3.59. The summed E-state index contributed by atoms with van der Waals surface area (Å²) in [6.07, 6.45) is 44.2. The molecule has 0 fully saturated rings. The van der Waals surface area contributed by atoms with Crippen LogP contribution in [0.25, 0.3) is 0 Å². The van der Waals surface area contributed by atoms with Gasteiger partial charge in [-0.3, -0.25) is 18.6 Å². The zero-order valence-corrected chi connectivity index (χ0v) is 34.6. The topological polar surface area (TPSA) is 134 Å². The third-order valence-corrected chi connectivity index (χ3v) is 9.68. The molecule has 0 aromatic heterocycles. The molecule has 0 aliphatic rings. The smallest absolute Gasteiger partial charge is 0.462 e. The average Bonchev–Trinajstić information content (AvgIpc) is 3.14. The summed E-state index contributed by atoms with van der Waals surface area (Å²) >= 11 is 0. The Kier molecular flexibility index (Phi) is 38.1. The van der Waals surface area contributed by atoms with Gasteiger partial charge in [0, 0.05) is 19.4 Å². The molecule has 0 amide bonds. The van der Waals surface area contributed by atoms with Crippen LogP contribution in [0.1, 0.15) is 181 Å². The second-order valence-corrected chi connectivity index (χ2v) is 15.3. The zero-order valence-electron chi connectivity index (χ0n) is 33.7. The molecule has 0 bridgehead atoms. The molecule has 1 unspecified atom stereocenters. The largest absolute Gasteiger partial charge is 0.472 e. The maximum absolute atomic E-state index is 12.6. The van der Waals surface area contributed by atoms with Crippen molar-refractivity contribution >= 4 is 19.8 Å². The Morgan fingerprint density at radius 1 is 0.585 bits per heavy atom. The van der Waals surface area contributed by atoms with Gasteiger partial charge in [0.15, 0.2) is 6.10 Å². The van der Waals surface area contributed by atoms with Crippen molar-refractivity contribution in [2.75, 3.05) is 26.4 Å². The van der Waals surface area contributed by atoms with Gasteiger partial charge in [-0.25, -0.2) is 4.57 Å². The molecule has 0 aliphatic heterocycles. The lowest BCUT2D eigenvalue weighted by Crippen LogP contribution is -2.29. The first-order valence-corrected chi connectivity index (χ1v) is 22.6. The minimum absolute atomic E-state index is 0.0483. The Bertz CT molecular complexity index is 1010. The molecule has 0 spiro atoms. The van der Waals surface area contributed by atoms with Gasteiger partial charge in [0.05, 0.1) is 13.2 Å². The maximum atomic E-state index is 12.6. The first-order valence-electron chi connectivity index (χ1n) is 21.1. The van der Waals surface area contributed by atoms with E-state index in [0.29, 0.717) is 6.42 Å². The lowest BCUT2D eigenvalue weighted by Gasteiger charge is -2.19. The summed E-state index contributed by atoms with van der Waals surface area (Å²) in [7, 11) is -4.38. The number of nitrogens with two attached hydrogens (primary N) is 1. The molecule has 0 saturated carbocycles. The monoisotopic (exact) mass is 768 g/mol. The van der Waals surface area contributed by atoms with Crippen LogP contribution in [-0.4, -0.2) is 49.3 Å². The summed E-state index contributed by atoms with van der Waals surface area (Å²) < 4.78 is 32.7. The number of unbranched alkanes of at least 4 members (excludes halogenated alkanes) is 18. The van der Waals surface area contributed by atoms with Crippen LogP contribution in [0.5, 0.6) is 0 Å². The number of phosphoric ester groups is 1. The van der Waals surface area contributed by atoms with Crippen molar-refractivity contribution < 1.29 is 37.6 Å². The van der Waals surface area contributed by atoms with E-state index in [1.807, 2.05) is 0 Å². The lowest BCUT2D eigenvalue weighted by molar-refractivity contribution is -0.161. The van der Waals surface area contributed by atoms with E-state index in [4.69, 9.17) is 24.3 Å². The molecule has 9 nitrogen and oxygen atoms in total. The zero-order chi connectivity index (χ0) is 38.9. The minimum Gasteiger partial charge on any atom is -0.462 e. The minimum atomic E-state index is -4.38. The van der Waals surface area contributed by atoms with Gasteiger partial charge in [0.25, 0.3) is 0 Å². The van der Waals surface area contributed by atoms with E-state index < -0.39 is 32.5 Å². The first kappa shape index (κ1) is 51.0. The van der Waals surface area contributed by atoms with Crippen LogP contribution in [0.4, 0.5) is 0 Å². The fourth-order valence-corrected chi connectivity index (χ4v) is 6.35. The van der Waals surface area contributed by atoms with Crippen LogP contribution < -0.4 is 5.73 Å². The summed E-state index contributed by atoms with van der Waals surface area (Å²) in [6, 6.07) is 0. The van der Waals surface area contributed by atoms with Crippen molar-refractivity contribution in [2.45, 2.75) is 187 Å². The van der Waals surface area contributed by atoms with E-state index in [1.54, 1.807) is 0 Å². The van der Waals surface area contributed by atoms with Crippen molar-refractivity contribution in [3.8, 4) is 0 Å². The molecule has 2 atom stereocenters. The molecule has 0 rings (SSSR count). The molecular weight excluding hydrogens is 689 g/mol. The van der Waals surface area contributed by atoms with Crippen LogP contribution >= 0.6 is 7.82 Å². The van der Waals surface area contributed by atoms with Crippen LogP contribution in [0.3, 0.4) is 0 Å². The highest BCUT2D eigenvalue weighted by atomic mass is 31.2. The van der Waals surface area contributed by atoms with Gasteiger partial charge in [-0.15, -0.1) is 0 Å².